The molecule has 6 heteroatoms. The van der Waals surface area contributed by atoms with E-state index in [2.05, 4.69) is 5.32 Å². The normalized spacial score (nSPS) is 11.6. The van der Waals surface area contributed by atoms with Crippen molar-refractivity contribution in [2.45, 2.75) is 20.0 Å². The standard InChI is InChI=1S/C20H16N2O4/c1-12-16-5-3-4-6-17(16)26-18(12)20(24)25-13(2)19(23)22-15-9-7-14(11-21)8-10-15/h3-10,13H,1-2H3,(H,22,23)/t13-/m0/s1. The molecule has 0 saturated carbocycles. The Morgan fingerprint density at radius 3 is 2.50 bits per heavy atom. The molecule has 1 atom stereocenters. The van der Waals surface area contributed by atoms with Crippen molar-refractivity contribution in [1.82, 2.24) is 0 Å². The van der Waals surface area contributed by atoms with E-state index in [4.69, 9.17) is 14.4 Å². The zero-order valence-electron chi connectivity index (χ0n) is 14.3. The van der Waals surface area contributed by atoms with Crippen LogP contribution in [0.25, 0.3) is 11.0 Å². The van der Waals surface area contributed by atoms with Crippen LogP contribution in [0.15, 0.2) is 52.9 Å². The van der Waals surface area contributed by atoms with Crippen LogP contribution in [0, 0.1) is 18.3 Å². The summed E-state index contributed by atoms with van der Waals surface area (Å²) in [6.07, 6.45) is -1.01. The fourth-order valence-electron chi connectivity index (χ4n) is 2.51. The zero-order valence-corrected chi connectivity index (χ0v) is 14.3. The summed E-state index contributed by atoms with van der Waals surface area (Å²) in [5, 5.41) is 12.2. The Morgan fingerprint density at radius 2 is 1.85 bits per heavy atom. The molecule has 130 valence electrons. The number of esters is 1. The molecule has 3 aromatic rings. The molecular formula is C20H16N2O4. The van der Waals surface area contributed by atoms with Gasteiger partial charge in [0.15, 0.2) is 6.10 Å². The largest absolute Gasteiger partial charge is 0.449 e. The van der Waals surface area contributed by atoms with Gasteiger partial charge in [0.1, 0.15) is 5.58 Å². The van der Waals surface area contributed by atoms with E-state index in [1.807, 2.05) is 24.3 Å². The second-order valence-corrected chi connectivity index (χ2v) is 5.78. The van der Waals surface area contributed by atoms with Crippen molar-refractivity contribution in [1.29, 1.82) is 5.26 Å². The lowest BCUT2D eigenvalue weighted by Crippen LogP contribution is -2.30. The van der Waals surface area contributed by atoms with E-state index in [-0.39, 0.29) is 5.76 Å². The van der Waals surface area contributed by atoms with Gasteiger partial charge in [-0.2, -0.15) is 5.26 Å². The van der Waals surface area contributed by atoms with Crippen LogP contribution in [0.5, 0.6) is 0 Å². The summed E-state index contributed by atoms with van der Waals surface area (Å²) in [6, 6.07) is 15.7. The number of para-hydroxylation sites is 1. The summed E-state index contributed by atoms with van der Waals surface area (Å²) in [4.78, 5) is 24.6. The first-order chi connectivity index (χ1) is 12.5. The number of anilines is 1. The maximum atomic E-state index is 12.4. The number of nitriles is 1. The molecule has 0 saturated heterocycles. The number of aryl methyl sites for hydroxylation is 1. The first-order valence-corrected chi connectivity index (χ1v) is 7.99. The monoisotopic (exact) mass is 348 g/mol. The molecule has 6 nitrogen and oxygen atoms in total. The molecule has 1 aromatic heterocycles. The average Bonchev–Trinajstić information content (AvgIpc) is 2.99. The van der Waals surface area contributed by atoms with Crippen molar-refractivity contribution in [2.24, 2.45) is 0 Å². The molecule has 0 aliphatic carbocycles. The average molecular weight is 348 g/mol. The minimum Gasteiger partial charge on any atom is -0.449 e. The number of rotatable bonds is 4. The molecule has 2 aromatic carbocycles. The van der Waals surface area contributed by atoms with Gasteiger partial charge in [-0.05, 0) is 44.2 Å². The number of nitrogens with one attached hydrogen (secondary N) is 1. The Balaban J connectivity index is 1.68. The summed E-state index contributed by atoms with van der Waals surface area (Å²) in [5.41, 5.74) is 2.26. The predicted molar refractivity (Wildman–Crippen MR) is 95.6 cm³/mol. The maximum Gasteiger partial charge on any atom is 0.375 e. The fourth-order valence-corrected chi connectivity index (χ4v) is 2.51. The number of furan rings is 1. The van der Waals surface area contributed by atoms with E-state index < -0.39 is 18.0 Å². The van der Waals surface area contributed by atoms with Gasteiger partial charge in [-0.3, -0.25) is 4.79 Å². The van der Waals surface area contributed by atoms with Crippen LogP contribution in [0.3, 0.4) is 0 Å². The molecule has 26 heavy (non-hydrogen) atoms. The minimum absolute atomic E-state index is 0.0872. The number of ether oxygens (including phenoxy) is 1. The summed E-state index contributed by atoms with van der Waals surface area (Å²) in [7, 11) is 0. The predicted octanol–water partition coefficient (Wildman–Crippen LogP) is 3.80. The number of carbonyl (C=O) groups is 2. The van der Waals surface area contributed by atoms with E-state index in [0.29, 0.717) is 22.4 Å². The molecular weight excluding hydrogens is 332 g/mol. The SMILES string of the molecule is Cc1c(C(=O)O[C@@H](C)C(=O)Nc2ccc(C#N)cc2)oc2ccccc12. The van der Waals surface area contributed by atoms with Crippen LogP contribution in [0.2, 0.25) is 0 Å². The first kappa shape index (κ1) is 17.2. The second kappa shape index (κ2) is 7.11. The van der Waals surface area contributed by atoms with Crippen molar-refractivity contribution >= 4 is 28.5 Å². The third-order valence-corrected chi connectivity index (χ3v) is 3.96. The van der Waals surface area contributed by atoms with Crippen molar-refractivity contribution < 1.29 is 18.7 Å². The Bertz CT molecular complexity index is 1010. The van der Waals surface area contributed by atoms with Crippen LogP contribution in [0.4, 0.5) is 5.69 Å². The molecule has 0 bridgehead atoms. The van der Waals surface area contributed by atoms with Gasteiger partial charge < -0.3 is 14.5 Å². The summed E-state index contributed by atoms with van der Waals surface area (Å²) in [6.45, 7) is 3.25. The van der Waals surface area contributed by atoms with Crippen LogP contribution in [0.1, 0.15) is 28.6 Å². The molecule has 1 N–H and O–H groups in total. The molecule has 0 aliphatic rings. The lowest BCUT2D eigenvalue weighted by molar-refractivity contribution is -0.123. The molecule has 0 aliphatic heterocycles. The number of fused-ring (bicyclic) bond motifs is 1. The summed E-state index contributed by atoms with van der Waals surface area (Å²) >= 11 is 0. The molecule has 1 amide bonds. The van der Waals surface area contributed by atoms with Gasteiger partial charge in [0.05, 0.1) is 11.6 Å². The highest BCUT2D eigenvalue weighted by atomic mass is 16.6. The van der Waals surface area contributed by atoms with E-state index >= 15 is 0 Å². The van der Waals surface area contributed by atoms with Gasteiger partial charge >= 0.3 is 5.97 Å². The number of hydrogen-bond donors (Lipinski definition) is 1. The Morgan fingerprint density at radius 1 is 1.15 bits per heavy atom. The second-order valence-electron chi connectivity index (χ2n) is 5.78. The quantitative estimate of drug-likeness (QED) is 0.724. The number of carbonyl (C=O) groups excluding carboxylic acids is 2. The maximum absolute atomic E-state index is 12.4. The number of benzene rings is 2. The lowest BCUT2D eigenvalue weighted by Gasteiger charge is -2.13. The van der Waals surface area contributed by atoms with Gasteiger partial charge in [0.25, 0.3) is 5.91 Å². The van der Waals surface area contributed by atoms with E-state index in [1.54, 1.807) is 37.3 Å². The topological polar surface area (TPSA) is 92.3 Å². The van der Waals surface area contributed by atoms with Crippen LogP contribution < -0.4 is 5.32 Å². The molecule has 0 spiro atoms. The highest BCUT2D eigenvalue weighted by Crippen LogP contribution is 2.25. The molecule has 3 rings (SSSR count). The van der Waals surface area contributed by atoms with Gasteiger partial charge in [-0.15, -0.1) is 0 Å². The summed E-state index contributed by atoms with van der Waals surface area (Å²) in [5.74, 6) is -1.08. The number of nitrogens with zero attached hydrogens (tertiary/aromatic N) is 1. The van der Waals surface area contributed by atoms with Crippen LogP contribution in [-0.2, 0) is 9.53 Å². The highest BCUT2D eigenvalue weighted by Gasteiger charge is 2.24. The molecule has 0 unspecified atom stereocenters. The van der Waals surface area contributed by atoms with Crippen LogP contribution >= 0.6 is 0 Å². The molecule has 0 fully saturated rings. The van der Waals surface area contributed by atoms with E-state index in [1.165, 1.54) is 6.92 Å². The van der Waals surface area contributed by atoms with E-state index in [9.17, 15) is 9.59 Å². The van der Waals surface area contributed by atoms with Gasteiger partial charge in [0.2, 0.25) is 5.76 Å². The molecule has 1 heterocycles. The van der Waals surface area contributed by atoms with Gasteiger partial charge in [-0.1, -0.05) is 18.2 Å². The van der Waals surface area contributed by atoms with E-state index in [0.717, 1.165) is 5.39 Å². The lowest BCUT2D eigenvalue weighted by atomic mass is 10.1. The van der Waals surface area contributed by atoms with Crippen molar-refractivity contribution in [3.8, 4) is 6.07 Å². The molecule has 0 radical (unpaired) electrons. The zero-order chi connectivity index (χ0) is 18.7. The van der Waals surface area contributed by atoms with Gasteiger partial charge in [-0.25, -0.2) is 4.79 Å². The van der Waals surface area contributed by atoms with Crippen molar-refractivity contribution in [3.63, 3.8) is 0 Å². The fraction of sp³-hybridized carbons (Fsp3) is 0.150. The third kappa shape index (κ3) is 3.42. The first-order valence-electron chi connectivity index (χ1n) is 7.99. The Labute approximate surface area is 150 Å². The van der Waals surface area contributed by atoms with Crippen molar-refractivity contribution in [2.75, 3.05) is 5.32 Å². The van der Waals surface area contributed by atoms with Gasteiger partial charge in [0, 0.05) is 16.6 Å². The van der Waals surface area contributed by atoms with Crippen LogP contribution in [-0.4, -0.2) is 18.0 Å². The third-order valence-electron chi connectivity index (χ3n) is 3.96. The van der Waals surface area contributed by atoms with Crippen molar-refractivity contribution in [3.05, 3.63) is 65.4 Å². The Hall–Kier alpha value is -3.59. The number of amides is 1. The minimum atomic E-state index is -1.01. The highest BCUT2D eigenvalue weighted by molar-refractivity contribution is 5.99. The Kier molecular flexibility index (Phi) is 4.72. The number of hydrogen-bond acceptors (Lipinski definition) is 5. The smallest absolute Gasteiger partial charge is 0.375 e. The summed E-state index contributed by atoms with van der Waals surface area (Å²) < 4.78 is 10.8.